The molecule has 2 aromatic carbocycles. The van der Waals surface area contributed by atoms with Crippen molar-refractivity contribution in [2.75, 3.05) is 13.1 Å². The van der Waals surface area contributed by atoms with Gasteiger partial charge in [-0.15, -0.1) is 0 Å². The van der Waals surface area contributed by atoms with Gasteiger partial charge in [-0.3, -0.25) is 14.0 Å². The maximum Gasteiger partial charge on any atom is 0.335 e. The van der Waals surface area contributed by atoms with E-state index in [9.17, 15) is 15.2 Å². The summed E-state index contributed by atoms with van der Waals surface area (Å²) >= 11 is 0. The number of hydrogen-bond acceptors (Lipinski definition) is 6. The molecule has 9 nitrogen and oxygen atoms in total. The average molecular weight is 492 g/mol. The quantitative estimate of drug-likeness (QED) is 0.403. The number of hydrogen-bond donors (Lipinski definition) is 1. The number of rotatable bonds is 5. The molecule has 6 rings (SSSR count). The Morgan fingerprint density at radius 2 is 1.78 bits per heavy atom. The molecule has 3 aromatic heterocycles. The first-order chi connectivity index (χ1) is 18.0. The number of phenols is 1. The van der Waals surface area contributed by atoms with Crippen LogP contribution in [0, 0.1) is 11.3 Å². The van der Waals surface area contributed by atoms with E-state index in [0.717, 1.165) is 41.1 Å². The van der Waals surface area contributed by atoms with Gasteiger partial charge in [-0.05, 0) is 53.9 Å². The van der Waals surface area contributed by atoms with Gasteiger partial charge in [0, 0.05) is 26.3 Å². The van der Waals surface area contributed by atoms with Crippen LogP contribution < -0.4 is 5.69 Å². The predicted octanol–water partition coefficient (Wildman–Crippen LogP) is 3.61. The largest absolute Gasteiger partial charge is 0.508 e. The molecule has 0 aliphatic carbocycles. The molecule has 1 N–H and O–H groups in total. The number of fused-ring (bicyclic) bond motifs is 1. The van der Waals surface area contributed by atoms with Gasteiger partial charge >= 0.3 is 5.69 Å². The fraction of sp³-hybridized carbons (Fsp3) is 0.214. The lowest BCUT2D eigenvalue weighted by atomic mass is 10.1. The molecule has 0 bridgehead atoms. The first-order valence-corrected chi connectivity index (χ1v) is 12.1. The molecule has 1 saturated heterocycles. The van der Waals surface area contributed by atoms with E-state index in [4.69, 9.17) is 0 Å². The van der Waals surface area contributed by atoms with Gasteiger partial charge in [-0.2, -0.15) is 5.26 Å². The topological polar surface area (TPSA) is 105 Å². The standard InChI is InChI=1S/C28H25N7O2/c1-32-23(15-29)16-31-26(32)18-33-14-12-22(17-33)35-27-25(3-2-13-30-27)34(28(35)37)21-8-4-19(5-9-21)20-6-10-24(36)11-7-20/h2-11,13,16,22,36H,12,14,17-18H2,1H3/t22-/m0/s1. The average Bonchev–Trinajstić information content (AvgIpc) is 3.60. The number of phenolic OH excluding ortho intramolecular Hbond substituents is 1. The lowest BCUT2D eigenvalue weighted by Crippen LogP contribution is -2.29. The van der Waals surface area contributed by atoms with Crippen molar-refractivity contribution in [2.24, 2.45) is 7.05 Å². The highest BCUT2D eigenvalue weighted by Crippen LogP contribution is 2.28. The van der Waals surface area contributed by atoms with E-state index in [2.05, 4.69) is 20.9 Å². The summed E-state index contributed by atoms with van der Waals surface area (Å²) in [5, 5.41) is 18.8. The van der Waals surface area contributed by atoms with E-state index in [1.165, 1.54) is 0 Å². The third kappa shape index (κ3) is 3.97. The first-order valence-electron chi connectivity index (χ1n) is 12.1. The lowest BCUT2D eigenvalue weighted by Gasteiger charge is -2.16. The van der Waals surface area contributed by atoms with Crippen molar-refractivity contribution in [2.45, 2.75) is 19.0 Å². The van der Waals surface area contributed by atoms with Gasteiger partial charge in [-0.1, -0.05) is 24.3 Å². The van der Waals surface area contributed by atoms with E-state index in [0.29, 0.717) is 24.4 Å². The van der Waals surface area contributed by atoms with Crippen molar-refractivity contribution in [3.63, 3.8) is 0 Å². The zero-order valence-electron chi connectivity index (χ0n) is 20.3. The van der Waals surface area contributed by atoms with Crippen LogP contribution in [0.1, 0.15) is 24.0 Å². The van der Waals surface area contributed by atoms with Gasteiger partial charge in [0.1, 0.15) is 23.3 Å². The Morgan fingerprint density at radius 1 is 1.05 bits per heavy atom. The van der Waals surface area contributed by atoms with Crippen LogP contribution in [0.5, 0.6) is 5.75 Å². The molecule has 1 aliphatic heterocycles. The summed E-state index contributed by atoms with van der Waals surface area (Å²) in [6, 6.07) is 20.8. The molecule has 1 aliphatic rings. The summed E-state index contributed by atoms with van der Waals surface area (Å²) < 4.78 is 5.36. The molecule has 9 heteroatoms. The Bertz CT molecular complexity index is 1690. The molecular weight excluding hydrogens is 466 g/mol. The van der Waals surface area contributed by atoms with Gasteiger partial charge in [-0.25, -0.2) is 14.8 Å². The molecule has 37 heavy (non-hydrogen) atoms. The van der Waals surface area contributed by atoms with Gasteiger partial charge in [0.05, 0.1) is 30.0 Å². The lowest BCUT2D eigenvalue weighted by molar-refractivity contribution is 0.304. The van der Waals surface area contributed by atoms with Crippen molar-refractivity contribution in [1.82, 2.24) is 28.6 Å². The molecule has 0 spiro atoms. The number of pyridine rings is 1. The summed E-state index contributed by atoms with van der Waals surface area (Å²) in [6.07, 6.45) is 4.14. The zero-order chi connectivity index (χ0) is 25.5. The minimum absolute atomic E-state index is 0.0156. The summed E-state index contributed by atoms with van der Waals surface area (Å²) in [6.45, 7) is 2.14. The summed E-state index contributed by atoms with van der Waals surface area (Å²) in [7, 11) is 1.85. The summed E-state index contributed by atoms with van der Waals surface area (Å²) in [4.78, 5) is 25.1. The van der Waals surface area contributed by atoms with Crippen LogP contribution in [0.3, 0.4) is 0 Å². The van der Waals surface area contributed by atoms with Crippen molar-refractivity contribution in [3.8, 4) is 28.6 Å². The maximum absolute atomic E-state index is 13.8. The Morgan fingerprint density at radius 3 is 2.49 bits per heavy atom. The number of likely N-dealkylation sites (tertiary alicyclic amines) is 1. The van der Waals surface area contributed by atoms with Crippen LogP contribution in [0.25, 0.3) is 28.0 Å². The highest BCUT2D eigenvalue weighted by molar-refractivity contribution is 5.75. The molecule has 4 heterocycles. The van der Waals surface area contributed by atoms with E-state index < -0.39 is 0 Å². The second kappa shape index (κ2) is 9.08. The van der Waals surface area contributed by atoms with Crippen LogP contribution in [0.15, 0.2) is 77.9 Å². The van der Waals surface area contributed by atoms with Crippen LogP contribution >= 0.6 is 0 Å². The third-order valence-corrected chi connectivity index (χ3v) is 7.14. The fourth-order valence-corrected chi connectivity index (χ4v) is 5.15. The Hall–Kier alpha value is -4.68. The third-order valence-electron chi connectivity index (χ3n) is 7.14. The number of aromatic hydroxyl groups is 1. The van der Waals surface area contributed by atoms with E-state index in [1.807, 2.05) is 64.7 Å². The van der Waals surface area contributed by atoms with Crippen LogP contribution in [0.2, 0.25) is 0 Å². The SMILES string of the molecule is Cn1c(C#N)cnc1CN1CC[C@H](n2c(=O)n(-c3ccc(-c4ccc(O)cc4)cc3)c3cccnc32)C1. The zero-order valence-corrected chi connectivity index (χ0v) is 20.3. The predicted molar refractivity (Wildman–Crippen MR) is 139 cm³/mol. The van der Waals surface area contributed by atoms with Crippen LogP contribution in [-0.4, -0.2) is 46.8 Å². The molecule has 1 fully saturated rings. The molecular formula is C28H25N7O2. The normalized spacial score (nSPS) is 15.8. The van der Waals surface area contributed by atoms with Gasteiger partial charge in [0.15, 0.2) is 5.65 Å². The van der Waals surface area contributed by atoms with Crippen LogP contribution in [-0.2, 0) is 13.6 Å². The fourth-order valence-electron chi connectivity index (χ4n) is 5.15. The summed E-state index contributed by atoms with van der Waals surface area (Å²) in [5.74, 6) is 1.06. The van der Waals surface area contributed by atoms with E-state index in [1.54, 1.807) is 29.1 Å². The second-order valence-electron chi connectivity index (χ2n) is 9.34. The first kappa shape index (κ1) is 22.8. The monoisotopic (exact) mass is 491 g/mol. The Kier molecular flexibility index (Phi) is 5.58. The number of aromatic nitrogens is 5. The van der Waals surface area contributed by atoms with Crippen molar-refractivity contribution < 1.29 is 5.11 Å². The van der Waals surface area contributed by atoms with Crippen molar-refractivity contribution >= 4 is 11.2 Å². The van der Waals surface area contributed by atoms with Crippen LogP contribution in [0.4, 0.5) is 0 Å². The molecule has 184 valence electrons. The highest BCUT2D eigenvalue weighted by Gasteiger charge is 2.29. The number of nitriles is 1. The smallest absolute Gasteiger partial charge is 0.335 e. The molecule has 1 atom stereocenters. The minimum atomic E-state index is -0.110. The molecule has 5 aromatic rings. The maximum atomic E-state index is 13.8. The molecule has 0 saturated carbocycles. The highest BCUT2D eigenvalue weighted by atomic mass is 16.3. The Labute approximate surface area is 213 Å². The molecule has 0 radical (unpaired) electrons. The minimum Gasteiger partial charge on any atom is -0.508 e. The number of imidazole rings is 2. The van der Waals surface area contributed by atoms with Gasteiger partial charge < -0.3 is 9.67 Å². The van der Waals surface area contributed by atoms with E-state index in [-0.39, 0.29) is 17.5 Å². The summed E-state index contributed by atoms with van der Waals surface area (Å²) in [5.41, 5.74) is 4.63. The second-order valence-corrected chi connectivity index (χ2v) is 9.34. The number of nitrogens with zero attached hydrogens (tertiary/aromatic N) is 7. The van der Waals surface area contributed by atoms with Crippen molar-refractivity contribution in [1.29, 1.82) is 5.26 Å². The van der Waals surface area contributed by atoms with Gasteiger partial charge in [0.2, 0.25) is 0 Å². The molecule has 0 unspecified atom stereocenters. The Balaban J connectivity index is 1.32. The van der Waals surface area contributed by atoms with Crippen molar-refractivity contribution in [3.05, 3.63) is 95.1 Å². The van der Waals surface area contributed by atoms with E-state index >= 15 is 0 Å². The van der Waals surface area contributed by atoms with Gasteiger partial charge in [0.25, 0.3) is 0 Å². The number of benzene rings is 2. The molecule has 0 amide bonds.